The van der Waals surface area contributed by atoms with E-state index in [4.69, 9.17) is 9.47 Å². The highest BCUT2D eigenvalue weighted by molar-refractivity contribution is 6.15. The molecule has 1 aliphatic heterocycles. The Hall–Kier alpha value is -2.37. The van der Waals surface area contributed by atoms with Gasteiger partial charge in [0.25, 0.3) is 0 Å². The molecule has 0 bridgehead atoms. The van der Waals surface area contributed by atoms with E-state index in [1.807, 2.05) is 13.0 Å². The number of fused-ring (bicyclic) bond motifs is 1. The second-order valence-electron chi connectivity index (χ2n) is 5.50. The lowest BCUT2D eigenvalue weighted by molar-refractivity contribution is -0.167. The zero-order valence-electron chi connectivity index (χ0n) is 13.8. The van der Waals surface area contributed by atoms with Crippen molar-refractivity contribution in [1.82, 2.24) is 0 Å². The van der Waals surface area contributed by atoms with Gasteiger partial charge in [0.15, 0.2) is 0 Å². The summed E-state index contributed by atoms with van der Waals surface area (Å²) in [6, 6.07) is 5.30. The van der Waals surface area contributed by atoms with E-state index in [9.17, 15) is 14.4 Å². The van der Waals surface area contributed by atoms with Gasteiger partial charge < -0.3 is 14.4 Å². The number of hydrogen-bond acceptors (Lipinski definition) is 5. The van der Waals surface area contributed by atoms with Crippen molar-refractivity contribution in [3.63, 3.8) is 0 Å². The van der Waals surface area contributed by atoms with E-state index in [1.54, 1.807) is 33.0 Å². The largest absolute Gasteiger partial charge is 0.465 e. The van der Waals surface area contributed by atoms with Crippen molar-refractivity contribution in [1.29, 1.82) is 0 Å². The monoisotopic (exact) mass is 319 g/mol. The van der Waals surface area contributed by atoms with Crippen LogP contribution < -0.4 is 4.90 Å². The van der Waals surface area contributed by atoms with Crippen LogP contribution >= 0.6 is 0 Å². The Balaban J connectivity index is 2.73. The molecule has 1 aliphatic rings. The topological polar surface area (TPSA) is 72.9 Å². The Morgan fingerprint density at radius 3 is 2.26 bits per heavy atom. The predicted molar refractivity (Wildman–Crippen MR) is 84.2 cm³/mol. The van der Waals surface area contributed by atoms with Gasteiger partial charge in [-0.3, -0.25) is 14.4 Å². The third kappa shape index (κ3) is 2.69. The number of hydrogen-bond donors (Lipinski definition) is 0. The minimum Gasteiger partial charge on any atom is -0.465 e. The first-order chi connectivity index (χ1) is 10.9. The average molecular weight is 319 g/mol. The second kappa shape index (κ2) is 6.40. The molecular formula is C17H21NO5. The number of carbonyl (C=O) groups is 3. The highest BCUT2D eigenvalue weighted by atomic mass is 16.6. The summed E-state index contributed by atoms with van der Waals surface area (Å²) >= 11 is 0. The molecule has 23 heavy (non-hydrogen) atoms. The number of aryl methyl sites for hydroxylation is 1. The van der Waals surface area contributed by atoms with Gasteiger partial charge in [-0.25, -0.2) is 0 Å². The zero-order chi connectivity index (χ0) is 17.2. The van der Waals surface area contributed by atoms with E-state index in [1.165, 1.54) is 4.90 Å². The highest BCUT2D eigenvalue weighted by Crippen LogP contribution is 2.42. The fourth-order valence-electron chi connectivity index (χ4n) is 2.82. The van der Waals surface area contributed by atoms with E-state index in [2.05, 4.69) is 0 Å². The fourth-order valence-corrected chi connectivity index (χ4v) is 2.82. The molecular weight excluding hydrogens is 298 g/mol. The van der Waals surface area contributed by atoms with Crippen molar-refractivity contribution in [2.45, 2.75) is 32.6 Å². The lowest BCUT2D eigenvalue weighted by Crippen LogP contribution is -2.53. The first-order valence-corrected chi connectivity index (χ1v) is 7.60. The van der Waals surface area contributed by atoms with Crippen molar-refractivity contribution in [2.75, 3.05) is 25.2 Å². The molecule has 124 valence electrons. The second-order valence-corrected chi connectivity index (χ2v) is 5.50. The quantitative estimate of drug-likeness (QED) is 0.624. The SMILES string of the molecule is CCOC(=O)C1(C(=O)OCC)CC(=O)N(C)c2ccc(C)cc21. The maximum absolute atomic E-state index is 12.7. The zero-order valence-corrected chi connectivity index (χ0v) is 13.8. The normalized spacial score (nSPS) is 15.8. The Bertz CT molecular complexity index is 634. The van der Waals surface area contributed by atoms with Crippen LogP contribution in [0.5, 0.6) is 0 Å². The lowest BCUT2D eigenvalue weighted by Gasteiger charge is -2.38. The molecule has 1 heterocycles. The molecule has 0 saturated heterocycles. The van der Waals surface area contributed by atoms with Crippen LogP contribution in [-0.4, -0.2) is 38.1 Å². The van der Waals surface area contributed by atoms with Gasteiger partial charge in [-0.05, 0) is 26.8 Å². The molecule has 0 fully saturated rings. The van der Waals surface area contributed by atoms with Gasteiger partial charge in [-0.15, -0.1) is 0 Å². The van der Waals surface area contributed by atoms with Crippen LogP contribution in [-0.2, 0) is 29.3 Å². The smallest absolute Gasteiger partial charge is 0.328 e. The van der Waals surface area contributed by atoms with Crippen molar-refractivity contribution in [3.8, 4) is 0 Å². The third-order valence-electron chi connectivity index (χ3n) is 4.01. The van der Waals surface area contributed by atoms with E-state index >= 15 is 0 Å². The van der Waals surface area contributed by atoms with Gasteiger partial charge in [0.1, 0.15) is 0 Å². The van der Waals surface area contributed by atoms with Gasteiger partial charge in [0, 0.05) is 18.3 Å². The first kappa shape index (κ1) is 17.0. The minimum atomic E-state index is -1.74. The summed E-state index contributed by atoms with van der Waals surface area (Å²) in [6.45, 7) is 5.41. The van der Waals surface area contributed by atoms with Crippen molar-refractivity contribution in [2.24, 2.45) is 0 Å². The predicted octanol–water partition coefficient (Wildman–Crippen LogP) is 1.73. The molecule has 6 nitrogen and oxygen atoms in total. The Labute approximate surface area is 135 Å². The van der Waals surface area contributed by atoms with Crippen LogP contribution in [0.1, 0.15) is 31.4 Å². The van der Waals surface area contributed by atoms with Crippen LogP contribution in [0.2, 0.25) is 0 Å². The lowest BCUT2D eigenvalue weighted by atomic mass is 9.73. The molecule has 1 aromatic carbocycles. The number of carbonyl (C=O) groups excluding carboxylic acids is 3. The number of rotatable bonds is 4. The molecule has 1 amide bonds. The number of amides is 1. The molecule has 0 unspecified atom stereocenters. The van der Waals surface area contributed by atoms with E-state index in [0.29, 0.717) is 11.3 Å². The molecule has 2 rings (SSSR count). The van der Waals surface area contributed by atoms with Crippen LogP contribution in [0.15, 0.2) is 18.2 Å². The van der Waals surface area contributed by atoms with Gasteiger partial charge in [0.2, 0.25) is 11.3 Å². The summed E-state index contributed by atoms with van der Waals surface area (Å²) < 4.78 is 10.2. The Kier molecular flexibility index (Phi) is 4.73. The summed E-state index contributed by atoms with van der Waals surface area (Å²) in [5.74, 6) is -1.82. The number of nitrogens with zero attached hydrogens (tertiary/aromatic N) is 1. The maximum Gasteiger partial charge on any atom is 0.328 e. The summed E-state index contributed by atoms with van der Waals surface area (Å²) in [7, 11) is 1.62. The number of benzene rings is 1. The molecule has 0 N–H and O–H groups in total. The fraction of sp³-hybridized carbons (Fsp3) is 0.471. The van der Waals surface area contributed by atoms with Gasteiger partial charge >= 0.3 is 11.9 Å². The van der Waals surface area contributed by atoms with E-state index in [-0.39, 0.29) is 25.5 Å². The molecule has 0 aliphatic carbocycles. The molecule has 0 aromatic heterocycles. The summed E-state index contributed by atoms with van der Waals surface area (Å²) in [4.78, 5) is 39.2. The van der Waals surface area contributed by atoms with Crippen molar-refractivity contribution in [3.05, 3.63) is 29.3 Å². The summed E-state index contributed by atoms with van der Waals surface area (Å²) in [5.41, 5.74) is 0.116. The first-order valence-electron chi connectivity index (χ1n) is 7.60. The number of esters is 2. The molecule has 6 heteroatoms. The molecule has 0 saturated carbocycles. The van der Waals surface area contributed by atoms with Gasteiger partial charge in [0.05, 0.1) is 19.6 Å². The van der Waals surface area contributed by atoms with Crippen LogP contribution in [0.3, 0.4) is 0 Å². The third-order valence-corrected chi connectivity index (χ3v) is 4.01. The van der Waals surface area contributed by atoms with Crippen LogP contribution in [0.25, 0.3) is 0 Å². The number of anilines is 1. The molecule has 0 radical (unpaired) electrons. The van der Waals surface area contributed by atoms with Crippen LogP contribution in [0.4, 0.5) is 5.69 Å². The van der Waals surface area contributed by atoms with Crippen molar-refractivity contribution < 1.29 is 23.9 Å². The minimum absolute atomic E-state index is 0.116. The molecule has 1 aromatic rings. The Morgan fingerprint density at radius 1 is 1.17 bits per heavy atom. The van der Waals surface area contributed by atoms with Crippen molar-refractivity contribution >= 4 is 23.5 Å². The average Bonchev–Trinajstić information content (AvgIpc) is 2.51. The van der Waals surface area contributed by atoms with Gasteiger partial charge in [-0.2, -0.15) is 0 Å². The highest BCUT2D eigenvalue weighted by Gasteiger charge is 2.56. The number of ether oxygens (including phenoxy) is 2. The molecule has 0 atom stereocenters. The standard InChI is InChI=1S/C17H21NO5/c1-5-22-15(20)17(16(21)23-6-2)10-14(19)18(4)13-8-7-11(3)9-12(13)17/h7-9H,5-6,10H2,1-4H3. The molecule has 0 spiro atoms. The Morgan fingerprint density at radius 2 is 1.74 bits per heavy atom. The summed E-state index contributed by atoms with van der Waals surface area (Å²) in [5, 5.41) is 0. The summed E-state index contributed by atoms with van der Waals surface area (Å²) in [6.07, 6.45) is -0.294. The maximum atomic E-state index is 12.7. The van der Waals surface area contributed by atoms with Crippen LogP contribution in [0, 0.1) is 6.92 Å². The van der Waals surface area contributed by atoms with E-state index in [0.717, 1.165) is 5.56 Å². The van der Waals surface area contributed by atoms with Gasteiger partial charge in [-0.1, -0.05) is 17.7 Å². The van der Waals surface area contributed by atoms with E-state index < -0.39 is 17.4 Å².